The third kappa shape index (κ3) is 10.3. The van der Waals surface area contributed by atoms with Crippen molar-refractivity contribution in [2.45, 2.75) is 76.5 Å². The summed E-state index contributed by atoms with van der Waals surface area (Å²) in [6, 6.07) is 17.2. The van der Waals surface area contributed by atoms with E-state index in [2.05, 4.69) is 15.6 Å². The molecule has 1 aromatic heterocycles. The van der Waals surface area contributed by atoms with E-state index >= 15 is 0 Å². The number of rotatable bonds is 12. The lowest BCUT2D eigenvalue weighted by atomic mass is 9.95. The van der Waals surface area contributed by atoms with Gasteiger partial charge in [-0.25, -0.2) is 9.78 Å². The molecule has 4 aromatic rings. The Morgan fingerprint density at radius 1 is 0.982 bits per heavy atom. The number of halogens is 2. The zero-order chi connectivity index (χ0) is 37.5. The number of fused-ring (bicyclic) bond motifs is 1. The Hall–Kier alpha value is -5.34. The number of carboxylic acids is 1. The van der Waals surface area contributed by atoms with Crippen molar-refractivity contribution in [2.75, 3.05) is 24.5 Å². The Morgan fingerprint density at radius 2 is 1.65 bits per heavy atom. The summed E-state index contributed by atoms with van der Waals surface area (Å²) in [4.78, 5) is 52.4. The van der Waals surface area contributed by atoms with Crippen molar-refractivity contribution in [1.29, 1.82) is 10.8 Å². The summed E-state index contributed by atoms with van der Waals surface area (Å²) in [7, 11) is 0. The molecule has 1 saturated carbocycles. The van der Waals surface area contributed by atoms with E-state index in [1.807, 2.05) is 11.8 Å². The number of likely N-dealkylation sites (tertiary alicyclic amines) is 1. The van der Waals surface area contributed by atoms with E-state index in [4.69, 9.17) is 26.3 Å². The highest BCUT2D eigenvalue weighted by atomic mass is 35.5. The van der Waals surface area contributed by atoms with Gasteiger partial charge in [0.1, 0.15) is 29.6 Å². The number of imidazole rings is 1. The second-order valence-electron chi connectivity index (χ2n) is 13.6. The molecule has 14 nitrogen and oxygen atoms in total. The molecule has 1 atom stereocenters. The predicted molar refractivity (Wildman–Crippen MR) is 217 cm³/mol. The van der Waals surface area contributed by atoms with E-state index in [0.717, 1.165) is 44.9 Å². The molecule has 6 rings (SSSR count). The van der Waals surface area contributed by atoms with Crippen LogP contribution in [0.2, 0.25) is 0 Å². The Morgan fingerprint density at radius 3 is 2.29 bits per heavy atom. The summed E-state index contributed by atoms with van der Waals surface area (Å²) >= 11 is 0. The number of carbonyl (C=O) groups excluding carboxylic acids is 2. The number of piperidine rings is 1. The maximum atomic E-state index is 14.7. The van der Waals surface area contributed by atoms with E-state index in [9.17, 15) is 19.5 Å². The first-order valence-corrected chi connectivity index (χ1v) is 18.2. The molecule has 8 N–H and O–H groups in total. The number of H-pyrrole nitrogens is 1. The summed E-state index contributed by atoms with van der Waals surface area (Å²) in [5.41, 5.74) is 7.56. The maximum Gasteiger partial charge on any atom is 0.336 e. The Kier molecular flexibility index (Phi) is 14.9. The second-order valence-corrected chi connectivity index (χ2v) is 13.6. The molecule has 55 heavy (non-hydrogen) atoms. The standard InChI is InChI=1S/C39H47N9O5.2ClH/c1-2-43-39(42)47-20-18-28(19-21-47)53-27-15-13-26(14-16-27)48(37(50)29-10-6-7-11-30(29)38(51)52)33(23-34(49)44-25-8-4-3-5-9-25)36-45-31-17-12-24(35(40)41)22-32(31)46-36;;/h6-7,10-17,22,25,28,33H,2-5,8-9,18-21,23H2,1H3,(H3,40,41)(H2,42,43)(H,44,49)(H,45,46)(H,51,52);2*1H. The van der Waals surface area contributed by atoms with Crippen molar-refractivity contribution in [3.8, 4) is 5.75 Å². The first-order chi connectivity index (χ1) is 25.6. The monoisotopic (exact) mass is 793 g/mol. The van der Waals surface area contributed by atoms with Gasteiger partial charge >= 0.3 is 5.97 Å². The molecular weight excluding hydrogens is 745 g/mol. The van der Waals surface area contributed by atoms with Crippen LogP contribution in [0.3, 0.4) is 0 Å². The third-order valence-corrected chi connectivity index (χ3v) is 9.92. The number of hydrogen-bond donors (Lipinski definition) is 7. The fourth-order valence-corrected chi connectivity index (χ4v) is 7.15. The number of guanidine groups is 1. The molecule has 2 aliphatic rings. The number of aromatic amines is 1. The fraction of sp³-hybridized carbons (Fsp3) is 0.385. The van der Waals surface area contributed by atoms with Crippen LogP contribution in [0, 0.1) is 10.8 Å². The number of carboxylic acid groups (broad SMARTS) is 1. The molecule has 0 radical (unpaired) electrons. The van der Waals surface area contributed by atoms with Gasteiger partial charge in [0.25, 0.3) is 5.91 Å². The number of amides is 2. The summed E-state index contributed by atoms with van der Waals surface area (Å²) in [5, 5.41) is 32.4. The molecule has 2 fully saturated rings. The van der Waals surface area contributed by atoms with Crippen LogP contribution in [0.1, 0.15) is 96.4 Å². The van der Waals surface area contributed by atoms with Crippen molar-refractivity contribution < 1.29 is 24.2 Å². The van der Waals surface area contributed by atoms with E-state index in [0.29, 0.717) is 59.5 Å². The van der Waals surface area contributed by atoms with Crippen LogP contribution in [0.25, 0.3) is 11.0 Å². The maximum absolute atomic E-state index is 14.7. The number of nitrogen functional groups attached to an aromatic ring is 1. The van der Waals surface area contributed by atoms with Crippen LogP contribution >= 0.6 is 24.8 Å². The van der Waals surface area contributed by atoms with E-state index < -0.39 is 17.9 Å². The largest absolute Gasteiger partial charge is 0.490 e. The molecular formula is C39H49Cl2N9O5. The van der Waals surface area contributed by atoms with Gasteiger partial charge in [-0.15, -0.1) is 24.8 Å². The molecule has 2 amide bonds. The molecule has 16 heteroatoms. The van der Waals surface area contributed by atoms with Crippen LogP contribution in [0.5, 0.6) is 5.75 Å². The first-order valence-electron chi connectivity index (χ1n) is 18.2. The van der Waals surface area contributed by atoms with Crippen molar-refractivity contribution >= 4 is 71.1 Å². The van der Waals surface area contributed by atoms with Crippen LogP contribution in [-0.2, 0) is 4.79 Å². The highest BCUT2D eigenvalue weighted by Crippen LogP contribution is 2.34. The van der Waals surface area contributed by atoms with Gasteiger partial charge in [0, 0.05) is 49.8 Å². The normalized spacial score (nSPS) is 15.2. The number of benzene rings is 3. The molecule has 0 bridgehead atoms. The number of carbonyl (C=O) groups is 3. The lowest BCUT2D eigenvalue weighted by Gasteiger charge is -2.34. The van der Waals surface area contributed by atoms with Crippen LogP contribution in [-0.4, -0.2) is 81.3 Å². The quantitative estimate of drug-likeness (QED) is 0.0661. The van der Waals surface area contributed by atoms with Gasteiger partial charge in [-0.1, -0.05) is 31.4 Å². The molecule has 1 aliphatic carbocycles. The minimum absolute atomic E-state index is 0. The number of amidine groups is 1. The van der Waals surface area contributed by atoms with Gasteiger partial charge < -0.3 is 36.1 Å². The van der Waals surface area contributed by atoms with Crippen LogP contribution in [0.15, 0.2) is 66.7 Å². The number of aromatic nitrogens is 2. The average Bonchev–Trinajstić information content (AvgIpc) is 3.59. The lowest BCUT2D eigenvalue weighted by molar-refractivity contribution is -0.122. The Bertz CT molecular complexity index is 1980. The molecule has 1 unspecified atom stereocenters. The number of anilines is 1. The van der Waals surface area contributed by atoms with E-state index in [1.165, 1.54) is 17.0 Å². The van der Waals surface area contributed by atoms with Crippen LogP contribution < -0.4 is 26.0 Å². The third-order valence-electron chi connectivity index (χ3n) is 9.92. The van der Waals surface area contributed by atoms with Gasteiger partial charge in [0.15, 0.2) is 5.96 Å². The molecule has 0 spiro atoms. The highest BCUT2D eigenvalue weighted by molar-refractivity contribution is 6.12. The minimum Gasteiger partial charge on any atom is -0.490 e. The van der Waals surface area contributed by atoms with Crippen LogP contribution in [0.4, 0.5) is 5.69 Å². The highest BCUT2D eigenvalue weighted by Gasteiger charge is 2.34. The smallest absolute Gasteiger partial charge is 0.336 e. The summed E-state index contributed by atoms with van der Waals surface area (Å²) in [5.74, 6) is -0.929. The lowest BCUT2D eigenvalue weighted by Crippen LogP contribution is -2.46. The minimum atomic E-state index is -1.25. The zero-order valence-corrected chi connectivity index (χ0v) is 32.3. The van der Waals surface area contributed by atoms with Crippen molar-refractivity contribution in [3.05, 3.63) is 89.2 Å². The summed E-state index contributed by atoms with van der Waals surface area (Å²) in [6.45, 7) is 4.03. The van der Waals surface area contributed by atoms with Crippen molar-refractivity contribution in [3.63, 3.8) is 0 Å². The zero-order valence-electron chi connectivity index (χ0n) is 30.7. The van der Waals surface area contributed by atoms with Gasteiger partial charge in [-0.2, -0.15) is 0 Å². The van der Waals surface area contributed by atoms with Gasteiger partial charge in [0.2, 0.25) is 5.91 Å². The van der Waals surface area contributed by atoms with Gasteiger partial charge in [-0.3, -0.25) is 25.3 Å². The Labute approximate surface area is 332 Å². The molecule has 294 valence electrons. The second kappa shape index (κ2) is 19.3. The average molecular weight is 795 g/mol. The van der Waals surface area contributed by atoms with Crippen molar-refractivity contribution in [1.82, 2.24) is 25.5 Å². The molecule has 1 aliphatic heterocycles. The Balaban J connectivity index is 0.00000336. The number of nitrogens with one attached hydrogen (secondary N) is 5. The fourth-order valence-electron chi connectivity index (χ4n) is 7.15. The topological polar surface area (TPSA) is 214 Å². The number of nitrogens with two attached hydrogens (primary N) is 1. The summed E-state index contributed by atoms with van der Waals surface area (Å²) < 4.78 is 6.33. The number of ether oxygens (including phenoxy) is 1. The van der Waals surface area contributed by atoms with E-state index in [1.54, 1.807) is 54.6 Å². The number of aromatic carboxylic acids is 1. The molecule has 2 heterocycles. The molecule has 3 aromatic carbocycles. The van der Waals surface area contributed by atoms with Gasteiger partial charge in [0.05, 0.1) is 28.6 Å². The number of hydrogen-bond acceptors (Lipinski definition) is 7. The summed E-state index contributed by atoms with van der Waals surface area (Å²) in [6.07, 6.45) is 6.20. The number of nitrogens with zero attached hydrogens (tertiary/aromatic N) is 3. The SMILES string of the molecule is CCNC(=N)N1CCC(Oc2ccc(N(C(=O)c3ccccc3C(=O)O)C(CC(=O)NC3CCCCC3)c3nc4cc(C(=N)N)ccc4[nH]3)cc2)CC1.Cl.Cl. The van der Waals surface area contributed by atoms with Gasteiger partial charge in [-0.05, 0) is 74.4 Å². The first kappa shape index (κ1) is 42.4. The predicted octanol–water partition coefficient (Wildman–Crippen LogP) is 6.00. The van der Waals surface area contributed by atoms with E-state index in [-0.39, 0.29) is 66.3 Å². The van der Waals surface area contributed by atoms with Crippen molar-refractivity contribution in [2.24, 2.45) is 5.73 Å². The molecule has 1 saturated heterocycles.